The van der Waals surface area contributed by atoms with Crippen molar-refractivity contribution in [3.8, 4) is 0 Å². The molecule has 0 radical (unpaired) electrons. The minimum absolute atomic E-state index is 0.434. The first-order valence-corrected chi connectivity index (χ1v) is 7.37. The summed E-state index contributed by atoms with van der Waals surface area (Å²) in [7, 11) is 0. The quantitative estimate of drug-likeness (QED) is 0.926. The maximum absolute atomic E-state index is 5.43. The van der Waals surface area contributed by atoms with Crippen molar-refractivity contribution >= 4 is 0 Å². The molecule has 1 aromatic carbocycles. The molecule has 106 valence electrons. The molecule has 1 saturated heterocycles. The Morgan fingerprint density at radius 1 is 1.20 bits per heavy atom. The summed E-state index contributed by atoms with van der Waals surface area (Å²) in [5.41, 5.74) is 1.38. The topological polar surface area (TPSA) is 28.4 Å². The van der Waals surface area contributed by atoms with E-state index in [1.165, 1.54) is 5.56 Å². The normalized spacial score (nSPS) is 23.9. The molecule has 20 heavy (non-hydrogen) atoms. The Kier molecular flexibility index (Phi) is 4.19. The van der Waals surface area contributed by atoms with Gasteiger partial charge in [-0.1, -0.05) is 30.3 Å². The molecule has 1 aliphatic heterocycles. The Balaban J connectivity index is 1.61. The monoisotopic (exact) mass is 270 g/mol. The van der Waals surface area contributed by atoms with Crippen molar-refractivity contribution in [3.63, 3.8) is 0 Å². The van der Waals surface area contributed by atoms with Gasteiger partial charge in [-0.25, -0.2) is 0 Å². The molecule has 0 spiro atoms. The van der Waals surface area contributed by atoms with Crippen molar-refractivity contribution in [1.29, 1.82) is 0 Å². The van der Waals surface area contributed by atoms with Crippen LogP contribution in [0.4, 0.5) is 0 Å². The lowest BCUT2D eigenvalue weighted by Crippen LogP contribution is -2.51. The summed E-state index contributed by atoms with van der Waals surface area (Å²) < 4.78 is 5.43. The Morgan fingerprint density at radius 2 is 2.05 bits per heavy atom. The summed E-state index contributed by atoms with van der Waals surface area (Å²) >= 11 is 0. The molecule has 3 nitrogen and oxygen atoms in total. The Hall–Kier alpha value is -1.58. The summed E-state index contributed by atoms with van der Waals surface area (Å²) in [4.78, 5) is 2.55. The zero-order valence-corrected chi connectivity index (χ0v) is 12.0. The van der Waals surface area contributed by atoms with Gasteiger partial charge < -0.3 is 9.73 Å². The molecule has 2 unspecified atom stereocenters. The van der Waals surface area contributed by atoms with Crippen LogP contribution in [-0.4, -0.2) is 30.6 Å². The molecule has 0 saturated carbocycles. The molecule has 1 fully saturated rings. The molecule has 1 aliphatic rings. The molecule has 1 aromatic heterocycles. The molecule has 0 aliphatic carbocycles. The number of hydrogen-bond acceptors (Lipinski definition) is 3. The predicted molar refractivity (Wildman–Crippen MR) is 80.6 cm³/mol. The fraction of sp³-hybridized carbons (Fsp3) is 0.412. The highest BCUT2D eigenvalue weighted by atomic mass is 16.3. The first-order valence-electron chi connectivity index (χ1n) is 7.37. The lowest BCUT2D eigenvalue weighted by Gasteiger charge is -2.39. The van der Waals surface area contributed by atoms with Crippen LogP contribution in [0.15, 0.2) is 53.1 Å². The molecular formula is C17H22N2O. The largest absolute Gasteiger partial charge is 0.469 e. The van der Waals surface area contributed by atoms with E-state index in [0.717, 1.165) is 31.8 Å². The molecule has 2 atom stereocenters. The van der Waals surface area contributed by atoms with Crippen molar-refractivity contribution in [2.24, 2.45) is 0 Å². The van der Waals surface area contributed by atoms with E-state index >= 15 is 0 Å². The molecule has 2 aromatic rings. The van der Waals surface area contributed by atoms with Crippen LogP contribution in [0.3, 0.4) is 0 Å². The van der Waals surface area contributed by atoms with Crippen LogP contribution in [-0.2, 0) is 6.42 Å². The third kappa shape index (κ3) is 3.11. The van der Waals surface area contributed by atoms with E-state index in [9.17, 15) is 0 Å². The van der Waals surface area contributed by atoms with Crippen LogP contribution >= 0.6 is 0 Å². The van der Waals surface area contributed by atoms with E-state index in [0.29, 0.717) is 12.1 Å². The van der Waals surface area contributed by atoms with Crippen molar-refractivity contribution in [3.05, 3.63) is 60.1 Å². The minimum atomic E-state index is 0.434. The predicted octanol–water partition coefficient (Wildman–Crippen LogP) is 2.86. The fourth-order valence-electron chi connectivity index (χ4n) is 2.85. The van der Waals surface area contributed by atoms with Crippen LogP contribution in [0.5, 0.6) is 0 Å². The molecule has 2 heterocycles. The first kappa shape index (κ1) is 13.4. The number of hydrogen-bond donors (Lipinski definition) is 1. The van der Waals surface area contributed by atoms with Crippen LogP contribution in [0.25, 0.3) is 0 Å². The Labute approximate surface area is 120 Å². The molecule has 1 N–H and O–H groups in total. The summed E-state index contributed by atoms with van der Waals surface area (Å²) in [6.45, 7) is 5.44. The third-order valence-corrected chi connectivity index (χ3v) is 4.13. The molecule has 3 heteroatoms. The third-order valence-electron chi connectivity index (χ3n) is 4.13. The first-order chi connectivity index (χ1) is 9.83. The number of benzene rings is 1. The highest BCUT2D eigenvalue weighted by Gasteiger charge is 2.25. The van der Waals surface area contributed by atoms with Gasteiger partial charge in [0.15, 0.2) is 0 Å². The van der Waals surface area contributed by atoms with E-state index in [1.54, 1.807) is 6.26 Å². The van der Waals surface area contributed by atoms with Crippen molar-refractivity contribution in [1.82, 2.24) is 10.2 Å². The Morgan fingerprint density at radius 3 is 2.80 bits per heavy atom. The van der Waals surface area contributed by atoms with Gasteiger partial charge in [0.2, 0.25) is 0 Å². The molecule has 0 bridgehead atoms. The second kappa shape index (κ2) is 6.25. The lowest BCUT2D eigenvalue weighted by atomic mass is 10.0. The van der Waals surface area contributed by atoms with Crippen molar-refractivity contribution in [2.75, 3.05) is 19.6 Å². The molecule has 3 rings (SSSR count). The highest BCUT2D eigenvalue weighted by Crippen LogP contribution is 2.20. The van der Waals surface area contributed by atoms with E-state index in [-0.39, 0.29) is 0 Å². The number of rotatable bonds is 4. The van der Waals surface area contributed by atoms with Crippen molar-refractivity contribution in [2.45, 2.75) is 25.4 Å². The second-order valence-electron chi connectivity index (χ2n) is 5.54. The smallest absolute Gasteiger partial charge is 0.105 e. The molecule has 0 amide bonds. The maximum Gasteiger partial charge on any atom is 0.105 e. The average Bonchev–Trinajstić information content (AvgIpc) is 3.01. The summed E-state index contributed by atoms with van der Waals surface area (Å²) in [6.07, 6.45) is 2.74. The van der Waals surface area contributed by atoms with Crippen LogP contribution in [0.2, 0.25) is 0 Å². The van der Waals surface area contributed by atoms with Crippen molar-refractivity contribution < 1.29 is 4.42 Å². The molecular weight excluding hydrogens is 248 g/mol. The highest BCUT2D eigenvalue weighted by molar-refractivity contribution is 5.20. The second-order valence-corrected chi connectivity index (χ2v) is 5.54. The van der Waals surface area contributed by atoms with Gasteiger partial charge >= 0.3 is 0 Å². The SMILES string of the molecule is CC1CNC(c2ccccc2)CN1CCc1ccco1. The lowest BCUT2D eigenvalue weighted by molar-refractivity contribution is 0.140. The van der Waals surface area contributed by atoms with Gasteiger partial charge in [-0.05, 0) is 24.6 Å². The fourth-order valence-corrected chi connectivity index (χ4v) is 2.85. The van der Waals surface area contributed by atoms with Gasteiger partial charge in [0, 0.05) is 38.1 Å². The summed E-state index contributed by atoms with van der Waals surface area (Å²) in [6, 6.07) is 15.7. The number of nitrogens with zero attached hydrogens (tertiary/aromatic N) is 1. The number of nitrogens with one attached hydrogen (secondary N) is 1. The van der Waals surface area contributed by atoms with E-state index in [1.807, 2.05) is 6.07 Å². The van der Waals surface area contributed by atoms with Gasteiger partial charge in [-0.15, -0.1) is 0 Å². The zero-order chi connectivity index (χ0) is 13.8. The van der Waals surface area contributed by atoms with Gasteiger partial charge in [-0.3, -0.25) is 4.90 Å². The zero-order valence-electron chi connectivity index (χ0n) is 12.0. The number of furan rings is 1. The van der Waals surface area contributed by atoms with E-state index in [4.69, 9.17) is 4.42 Å². The van der Waals surface area contributed by atoms with Gasteiger partial charge in [0.25, 0.3) is 0 Å². The van der Waals surface area contributed by atoms with Crippen LogP contribution in [0.1, 0.15) is 24.3 Å². The van der Waals surface area contributed by atoms with Gasteiger partial charge in [-0.2, -0.15) is 0 Å². The summed E-state index contributed by atoms with van der Waals surface area (Å²) in [5.74, 6) is 1.08. The van der Waals surface area contributed by atoms with Crippen LogP contribution in [0, 0.1) is 0 Å². The number of piperazine rings is 1. The minimum Gasteiger partial charge on any atom is -0.469 e. The van der Waals surface area contributed by atoms with E-state index < -0.39 is 0 Å². The Bertz CT molecular complexity index is 509. The standard InChI is InChI=1S/C17H22N2O/c1-14-12-18-17(15-6-3-2-4-7-15)13-19(14)10-9-16-8-5-11-20-16/h2-8,11,14,17-18H,9-10,12-13H2,1H3. The summed E-state index contributed by atoms with van der Waals surface area (Å²) in [5, 5.41) is 3.64. The van der Waals surface area contributed by atoms with Crippen LogP contribution < -0.4 is 5.32 Å². The van der Waals surface area contributed by atoms with E-state index in [2.05, 4.69) is 53.5 Å². The van der Waals surface area contributed by atoms with Gasteiger partial charge in [0.1, 0.15) is 5.76 Å². The van der Waals surface area contributed by atoms with Gasteiger partial charge in [0.05, 0.1) is 6.26 Å². The average molecular weight is 270 g/mol. The maximum atomic E-state index is 5.43.